The van der Waals surface area contributed by atoms with E-state index in [2.05, 4.69) is 80.1 Å². The van der Waals surface area contributed by atoms with Gasteiger partial charge in [0.05, 0.1) is 5.69 Å². The summed E-state index contributed by atoms with van der Waals surface area (Å²) in [4.78, 5) is 11.4. The molecule has 1 aliphatic rings. The molecule has 1 fully saturated rings. The zero-order chi connectivity index (χ0) is 20.6. The van der Waals surface area contributed by atoms with Gasteiger partial charge in [0.15, 0.2) is 5.96 Å². The van der Waals surface area contributed by atoms with Gasteiger partial charge in [0.1, 0.15) is 0 Å². The van der Waals surface area contributed by atoms with Gasteiger partial charge in [-0.15, -0.1) is 0 Å². The van der Waals surface area contributed by atoms with E-state index in [4.69, 9.17) is 0 Å². The summed E-state index contributed by atoms with van der Waals surface area (Å²) in [5, 5.41) is 9.75. The van der Waals surface area contributed by atoms with Crippen molar-refractivity contribution in [1.82, 2.24) is 20.5 Å². The summed E-state index contributed by atoms with van der Waals surface area (Å²) in [6, 6.07) is 21.7. The molecule has 2 heterocycles. The minimum atomic E-state index is 0.466. The van der Waals surface area contributed by atoms with Crippen LogP contribution >= 0.6 is 0 Å². The molecule has 156 valence electrons. The summed E-state index contributed by atoms with van der Waals surface area (Å²) in [7, 11) is 1.85. The molecule has 0 radical (unpaired) electrons. The number of benzene rings is 2. The van der Waals surface area contributed by atoms with Gasteiger partial charge in [-0.1, -0.05) is 48.5 Å². The average Bonchev–Trinajstić information content (AvgIpc) is 2.80. The summed E-state index contributed by atoms with van der Waals surface area (Å²) in [5.41, 5.74) is 2.52. The molecular formula is C25H31N5. The molecule has 0 bridgehead atoms. The van der Waals surface area contributed by atoms with E-state index < -0.39 is 0 Å². The first-order valence-corrected chi connectivity index (χ1v) is 10.9. The summed E-state index contributed by atoms with van der Waals surface area (Å²) in [6.07, 6.45) is 5.09. The van der Waals surface area contributed by atoms with Gasteiger partial charge >= 0.3 is 0 Å². The predicted molar refractivity (Wildman–Crippen MR) is 125 cm³/mol. The number of pyridine rings is 1. The Bertz CT molecular complexity index is 956. The van der Waals surface area contributed by atoms with Gasteiger partial charge in [-0.05, 0) is 47.7 Å². The van der Waals surface area contributed by atoms with Crippen molar-refractivity contribution < 1.29 is 0 Å². The van der Waals surface area contributed by atoms with E-state index in [0.717, 1.165) is 57.1 Å². The Balaban J connectivity index is 1.23. The molecule has 1 aliphatic heterocycles. The minimum Gasteiger partial charge on any atom is -0.356 e. The van der Waals surface area contributed by atoms with Gasteiger partial charge in [0.2, 0.25) is 0 Å². The van der Waals surface area contributed by atoms with Crippen LogP contribution in [0.15, 0.2) is 71.9 Å². The zero-order valence-corrected chi connectivity index (χ0v) is 17.7. The fourth-order valence-electron chi connectivity index (χ4n) is 4.17. The smallest absolute Gasteiger partial charge is 0.191 e. The Kier molecular flexibility index (Phi) is 6.93. The van der Waals surface area contributed by atoms with Crippen molar-refractivity contribution in [1.29, 1.82) is 0 Å². The van der Waals surface area contributed by atoms with Crippen LogP contribution < -0.4 is 10.6 Å². The summed E-state index contributed by atoms with van der Waals surface area (Å²) in [6.45, 7) is 3.97. The standard InChI is InChI=1S/C25H31N5/c1-26-25(28-16-12-21-9-6-8-20-7-2-3-11-24(20)21)29-22-13-17-30(18-14-22)19-23-10-4-5-15-27-23/h2-11,15,22H,12-14,16-19H2,1H3,(H2,26,28,29). The molecule has 5 heteroatoms. The highest BCUT2D eigenvalue weighted by molar-refractivity contribution is 5.85. The van der Waals surface area contributed by atoms with Gasteiger partial charge in [-0.2, -0.15) is 0 Å². The van der Waals surface area contributed by atoms with Crippen LogP contribution in [0.1, 0.15) is 24.1 Å². The lowest BCUT2D eigenvalue weighted by atomic mass is 10.0. The molecule has 0 atom stereocenters. The van der Waals surface area contributed by atoms with Crippen LogP contribution in [-0.2, 0) is 13.0 Å². The van der Waals surface area contributed by atoms with Gasteiger partial charge in [-0.3, -0.25) is 14.9 Å². The highest BCUT2D eigenvalue weighted by Gasteiger charge is 2.20. The van der Waals surface area contributed by atoms with Crippen molar-refractivity contribution in [3.63, 3.8) is 0 Å². The fourth-order valence-corrected chi connectivity index (χ4v) is 4.17. The van der Waals surface area contributed by atoms with Crippen LogP contribution in [0.2, 0.25) is 0 Å². The molecule has 0 amide bonds. The number of aromatic nitrogens is 1. The number of nitrogens with one attached hydrogen (secondary N) is 2. The highest BCUT2D eigenvalue weighted by Crippen LogP contribution is 2.18. The third-order valence-electron chi connectivity index (χ3n) is 5.83. The van der Waals surface area contributed by atoms with Crippen LogP contribution in [0.5, 0.6) is 0 Å². The Morgan fingerprint density at radius 3 is 2.63 bits per heavy atom. The SMILES string of the molecule is CN=C(NCCc1cccc2ccccc12)NC1CCN(Cc2ccccn2)CC1. The second-order valence-corrected chi connectivity index (χ2v) is 7.90. The Morgan fingerprint density at radius 2 is 1.83 bits per heavy atom. The first-order chi connectivity index (χ1) is 14.8. The van der Waals surface area contributed by atoms with E-state index in [1.165, 1.54) is 16.3 Å². The molecular weight excluding hydrogens is 370 g/mol. The van der Waals surface area contributed by atoms with Crippen LogP contribution in [-0.4, -0.2) is 48.6 Å². The zero-order valence-electron chi connectivity index (χ0n) is 17.7. The van der Waals surface area contributed by atoms with Crippen molar-refractivity contribution in [3.05, 3.63) is 78.1 Å². The number of guanidine groups is 1. The maximum Gasteiger partial charge on any atom is 0.191 e. The molecule has 0 spiro atoms. The lowest BCUT2D eigenvalue weighted by Crippen LogP contribution is -2.48. The van der Waals surface area contributed by atoms with E-state index in [9.17, 15) is 0 Å². The molecule has 0 aliphatic carbocycles. The molecule has 1 aromatic heterocycles. The topological polar surface area (TPSA) is 52.6 Å². The number of fused-ring (bicyclic) bond motifs is 1. The third-order valence-corrected chi connectivity index (χ3v) is 5.83. The maximum absolute atomic E-state index is 4.44. The van der Waals surface area contributed by atoms with Crippen LogP contribution in [0.3, 0.4) is 0 Å². The van der Waals surface area contributed by atoms with Crippen LogP contribution in [0, 0.1) is 0 Å². The molecule has 0 saturated carbocycles. The minimum absolute atomic E-state index is 0.466. The lowest BCUT2D eigenvalue weighted by Gasteiger charge is -2.32. The quantitative estimate of drug-likeness (QED) is 0.489. The van der Waals surface area contributed by atoms with E-state index in [0.29, 0.717) is 6.04 Å². The molecule has 2 N–H and O–H groups in total. The summed E-state index contributed by atoms with van der Waals surface area (Å²) >= 11 is 0. The Labute approximate surface area is 179 Å². The molecule has 4 rings (SSSR count). The molecule has 5 nitrogen and oxygen atoms in total. The molecule has 1 saturated heterocycles. The van der Waals surface area contributed by atoms with Crippen LogP contribution in [0.25, 0.3) is 10.8 Å². The number of piperidine rings is 1. The molecule has 0 unspecified atom stereocenters. The van der Waals surface area contributed by atoms with Gasteiger partial charge in [-0.25, -0.2) is 0 Å². The fraction of sp³-hybridized carbons (Fsp3) is 0.360. The second kappa shape index (κ2) is 10.2. The van der Waals surface area contributed by atoms with Crippen molar-refractivity contribution in [3.8, 4) is 0 Å². The van der Waals surface area contributed by atoms with E-state index in [1.807, 2.05) is 19.3 Å². The molecule has 30 heavy (non-hydrogen) atoms. The summed E-state index contributed by atoms with van der Waals surface area (Å²) in [5.74, 6) is 0.901. The highest BCUT2D eigenvalue weighted by atomic mass is 15.2. The van der Waals surface area contributed by atoms with Gasteiger partial charge in [0, 0.05) is 45.5 Å². The molecule has 2 aromatic carbocycles. The van der Waals surface area contributed by atoms with E-state index >= 15 is 0 Å². The number of hydrogen-bond acceptors (Lipinski definition) is 3. The summed E-state index contributed by atoms with van der Waals surface area (Å²) < 4.78 is 0. The number of hydrogen-bond donors (Lipinski definition) is 2. The van der Waals surface area contributed by atoms with Crippen molar-refractivity contribution in [2.75, 3.05) is 26.7 Å². The number of nitrogens with zero attached hydrogens (tertiary/aromatic N) is 3. The third kappa shape index (κ3) is 5.36. The number of aliphatic imine (C=N–C) groups is 1. The number of rotatable bonds is 6. The predicted octanol–water partition coefficient (Wildman–Crippen LogP) is 3.61. The molecule has 3 aromatic rings. The normalized spacial score (nSPS) is 16.0. The van der Waals surface area contributed by atoms with Crippen molar-refractivity contribution in [2.24, 2.45) is 4.99 Å². The van der Waals surface area contributed by atoms with Crippen molar-refractivity contribution in [2.45, 2.75) is 31.8 Å². The van der Waals surface area contributed by atoms with Gasteiger partial charge < -0.3 is 10.6 Å². The monoisotopic (exact) mass is 401 g/mol. The second-order valence-electron chi connectivity index (χ2n) is 7.90. The Hall–Kier alpha value is -2.92. The van der Waals surface area contributed by atoms with Crippen LogP contribution in [0.4, 0.5) is 0 Å². The maximum atomic E-state index is 4.44. The first kappa shape index (κ1) is 20.4. The van der Waals surface area contributed by atoms with E-state index in [1.54, 1.807) is 0 Å². The lowest BCUT2D eigenvalue weighted by molar-refractivity contribution is 0.196. The van der Waals surface area contributed by atoms with E-state index in [-0.39, 0.29) is 0 Å². The largest absolute Gasteiger partial charge is 0.356 e. The van der Waals surface area contributed by atoms with Gasteiger partial charge in [0.25, 0.3) is 0 Å². The average molecular weight is 402 g/mol. The Morgan fingerprint density at radius 1 is 1.03 bits per heavy atom. The van der Waals surface area contributed by atoms with Crippen molar-refractivity contribution >= 4 is 16.7 Å². The first-order valence-electron chi connectivity index (χ1n) is 10.9. The number of likely N-dealkylation sites (tertiary alicyclic amines) is 1.